The van der Waals surface area contributed by atoms with Gasteiger partial charge in [0.2, 0.25) is 5.95 Å². The van der Waals surface area contributed by atoms with Gasteiger partial charge in [0.1, 0.15) is 0 Å². The number of fused-ring (bicyclic) bond motifs is 1. The van der Waals surface area contributed by atoms with Crippen LogP contribution in [0.4, 0.5) is 11.6 Å². The fraction of sp³-hybridized carbons (Fsp3) is 0.222. The van der Waals surface area contributed by atoms with Crippen LogP contribution in [0.5, 0.6) is 0 Å². The molecule has 0 aliphatic rings. The molecule has 25 heavy (non-hydrogen) atoms. The Morgan fingerprint density at radius 1 is 1.00 bits per heavy atom. The Morgan fingerprint density at radius 3 is 2.32 bits per heavy atom. The van der Waals surface area contributed by atoms with E-state index in [9.17, 15) is 8.42 Å². The second-order valence-electron chi connectivity index (χ2n) is 6.22. The fourth-order valence-electron chi connectivity index (χ4n) is 2.59. The van der Waals surface area contributed by atoms with Crippen LogP contribution >= 0.6 is 0 Å². The van der Waals surface area contributed by atoms with Crippen molar-refractivity contribution in [2.75, 3.05) is 11.5 Å². The second kappa shape index (κ2) is 6.33. The lowest BCUT2D eigenvalue weighted by atomic mass is 10.0. The summed E-state index contributed by atoms with van der Waals surface area (Å²) in [6.45, 7) is 3.37. The summed E-state index contributed by atoms with van der Waals surface area (Å²) >= 11 is 0. The molecular weight excluding hydrogens is 336 g/mol. The van der Waals surface area contributed by atoms with Crippen molar-refractivity contribution in [3.63, 3.8) is 0 Å². The molecule has 0 bridgehead atoms. The summed E-state index contributed by atoms with van der Waals surface area (Å²) < 4.78 is 24.1. The van der Waals surface area contributed by atoms with Crippen LogP contribution in [-0.2, 0) is 15.6 Å². The van der Waals surface area contributed by atoms with E-state index in [1.165, 1.54) is 0 Å². The van der Waals surface area contributed by atoms with Crippen LogP contribution in [0.2, 0.25) is 0 Å². The highest BCUT2D eigenvalue weighted by Gasteiger charge is 2.17. The molecule has 0 aliphatic carbocycles. The lowest BCUT2D eigenvalue weighted by Gasteiger charge is -2.11. The highest BCUT2D eigenvalue weighted by atomic mass is 32.2. The third-order valence-corrected chi connectivity index (χ3v) is 6.26. The Bertz CT molecular complexity index is 1030. The first-order chi connectivity index (χ1) is 11.8. The number of hydrogen-bond donors (Lipinski definition) is 2. The van der Waals surface area contributed by atoms with E-state index < -0.39 is 15.1 Å². The Hall–Kier alpha value is -2.67. The highest BCUT2D eigenvalue weighted by molar-refractivity contribution is 7.91. The first-order valence-electron chi connectivity index (χ1n) is 7.90. The molecule has 0 spiro atoms. The minimum Gasteiger partial charge on any atom is -0.398 e. The van der Waals surface area contributed by atoms with Gasteiger partial charge in [-0.15, -0.1) is 0 Å². The molecule has 0 radical (unpaired) electrons. The summed E-state index contributed by atoms with van der Waals surface area (Å²) in [6, 6.07) is 12.7. The number of rotatable bonds is 4. The lowest BCUT2D eigenvalue weighted by Crippen LogP contribution is -2.15. The van der Waals surface area contributed by atoms with Crippen LogP contribution < -0.4 is 11.5 Å². The number of benzene rings is 2. The van der Waals surface area contributed by atoms with Gasteiger partial charge in [-0.2, -0.15) is 0 Å². The predicted molar refractivity (Wildman–Crippen MR) is 102 cm³/mol. The summed E-state index contributed by atoms with van der Waals surface area (Å²) in [5, 5.41) is 0.330. The van der Waals surface area contributed by atoms with E-state index in [0.717, 1.165) is 16.5 Å². The fourth-order valence-corrected chi connectivity index (χ4v) is 3.58. The zero-order chi connectivity index (χ0) is 18.2. The maximum atomic E-state index is 12.1. The molecule has 4 N–H and O–H groups in total. The molecule has 0 atom stereocenters. The Kier molecular flexibility index (Phi) is 4.34. The number of anilines is 2. The van der Waals surface area contributed by atoms with Gasteiger partial charge in [0.15, 0.2) is 9.84 Å². The Morgan fingerprint density at radius 2 is 1.68 bits per heavy atom. The van der Waals surface area contributed by atoms with Gasteiger partial charge in [-0.3, -0.25) is 0 Å². The van der Waals surface area contributed by atoms with E-state index in [0.29, 0.717) is 16.9 Å². The number of nitrogens with two attached hydrogens (primary N) is 2. The van der Waals surface area contributed by atoms with Gasteiger partial charge in [-0.25, -0.2) is 18.4 Å². The summed E-state index contributed by atoms with van der Waals surface area (Å²) in [5.41, 5.74) is 15.3. The van der Waals surface area contributed by atoms with Crippen molar-refractivity contribution in [3.05, 3.63) is 48.0 Å². The number of hydrogen-bond acceptors (Lipinski definition) is 6. The lowest BCUT2D eigenvalue weighted by molar-refractivity contribution is 0.586. The van der Waals surface area contributed by atoms with E-state index in [2.05, 4.69) is 9.97 Å². The molecule has 1 heterocycles. The van der Waals surface area contributed by atoms with Crippen molar-refractivity contribution in [1.82, 2.24) is 9.97 Å². The molecule has 0 saturated heterocycles. The Balaban J connectivity index is 2.05. The van der Waals surface area contributed by atoms with Crippen LogP contribution in [0.25, 0.3) is 22.2 Å². The molecule has 3 aromatic rings. The van der Waals surface area contributed by atoms with Crippen molar-refractivity contribution >= 4 is 32.4 Å². The maximum Gasteiger partial charge on any atom is 0.221 e. The third kappa shape index (κ3) is 3.41. The molecule has 0 saturated carbocycles. The normalized spacial score (nSPS) is 12.0. The van der Waals surface area contributed by atoms with Crippen LogP contribution in [0.15, 0.2) is 42.5 Å². The maximum absolute atomic E-state index is 12.1. The van der Waals surface area contributed by atoms with Crippen LogP contribution in [0.1, 0.15) is 19.4 Å². The molecule has 0 amide bonds. The summed E-state index contributed by atoms with van der Waals surface area (Å²) in [6.07, 6.45) is 0. The first-order valence-corrected chi connectivity index (χ1v) is 9.62. The molecule has 0 fully saturated rings. The SMILES string of the molecule is CC(C)S(=O)(=O)Cc1ccc(-c2nc(N)nc3cccc(N)c23)cc1. The van der Waals surface area contributed by atoms with E-state index >= 15 is 0 Å². The van der Waals surface area contributed by atoms with Crippen LogP contribution in [-0.4, -0.2) is 23.6 Å². The molecular formula is C18H20N4O2S. The molecule has 7 heteroatoms. The van der Waals surface area contributed by atoms with Crippen molar-refractivity contribution in [3.8, 4) is 11.3 Å². The molecule has 0 unspecified atom stereocenters. The molecule has 1 aromatic heterocycles. The summed E-state index contributed by atoms with van der Waals surface area (Å²) in [4.78, 5) is 8.55. The average molecular weight is 356 g/mol. The van der Waals surface area contributed by atoms with Crippen molar-refractivity contribution in [1.29, 1.82) is 0 Å². The molecule has 3 rings (SSSR count). The van der Waals surface area contributed by atoms with Gasteiger partial charge in [0, 0.05) is 16.6 Å². The van der Waals surface area contributed by atoms with E-state index in [1.54, 1.807) is 32.0 Å². The summed E-state index contributed by atoms with van der Waals surface area (Å²) in [7, 11) is -3.14. The van der Waals surface area contributed by atoms with Gasteiger partial charge in [-0.1, -0.05) is 30.3 Å². The van der Waals surface area contributed by atoms with Gasteiger partial charge < -0.3 is 11.5 Å². The van der Waals surface area contributed by atoms with Gasteiger partial charge in [-0.05, 0) is 31.5 Å². The van der Waals surface area contributed by atoms with Crippen molar-refractivity contribution in [2.45, 2.75) is 24.9 Å². The smallest absolute Gasteiger partial charge is 0.221 e. The predicted octanol–water partition coefficient (Wildman–Crippen LogP) is 2.78. The number of sulfone groups is 1. The average Bonchev–Trinajstić information content (AvgIpc) is 2.54. The van der Waals surface area contributed by atoms with Crippen molar-refractivity contribution in [2.24, 2.45) is 0 Å². The monoisotopic (exact) mass is 356 g/mol. The van der Waals surface area contributed by atoms with Crippen LogP contribution in [0.3, 0.4) is 0 Å². The number of nitrogen functional groups attached to an aromatic ring is 2. The van der Waals surface area contributed by atoms with Crippen molar-refractivity contribution < 1.29 is 8.42 Å². The van der Waals surface area contributed by atoms with E-state index in [4.69, 9.17) is 11.5 Å². The molecule has 130 valence electrons. The van der Waals surface area contributed by atoms with Gasteiger partial charge in [0.05, 0.1) is 22.2 Å². The molecule has 0 aliphatic heterocycles. The van der Waals surface area contributed by atoms with Gasteiger partial charge >= 0.3 is 0 Å². The number of nitrogens with zero attached hydrogens (tertiary/aromatic N) is 2. The minimum atomic E-state index is -3.14. The van der Waals surface area contributed by atoms with Crippen LogP contribution in [0, 0.1) is 0 Å². The zero-order valence-corrected chi connectivity index (χ0v) is 14.9. The van der Waals surface area contributed by atoms with E-state index in [1.807, 2.05) is 24.3 Å². The topological polar surface area (TPSA) is 112 Å². The van der Waals surface area contributed by atoms with E-state index in [-0.39, 0.29) is 11.7 Å². The Labute approximate surface area is 146 Å². The zero-order valence-electron chi connectivity index (χ0n) is 14.1. The number of aromatic nitrogens is 2. The first kappa shape index (κ1) is 17.2. The third-order valence-electron chi connectivity index (χ3n) is 4.09. The minimum absolute atomic E-state index is 0.0136. The second-order valence-corrected chi connectivity index (χ2v) is 8.78. The summed E-state index contributed by atoms with van der Waals surface area (Å²) in [5.74, 6) is 0.180. The highest BCUT2D eigenvalue weighted by Crippen LogP contribution is 2.31. The standard InChI is InChI=1S/C18H20N4O2S/c1-11(2)25(23,24)10-12-6-8-13(9-7-12)17-16-14(19)4-3-5-15(16)21-18(20)22-17/h3-9,11H,10,19H2,1-2H3,(H2,20,21,22). The largest absolute Gasteiger partial charge is 0.398 e. The van der Waals surface area contributed by atoms with Gasteiger partial charge in [0.25, 0.3) is 0 Å². The quantitative estimate of drug-likeness (QED) is 0.695. The molecule has 6 nitrogen and oxygen atoms in total. The molecule has 2 aromatic carbocycles.